The maximum Gasteiger partial charge on any atom is 0.321 e. The number of rotatable bonds is 3. The van der Waals surface area contributed by atoms with E-state index >= 15 is 0 Å². The van der Waals surface area contributed by atoms with Gasteiger partial charge in [-0.15, -0.1) is 0 Å². The Labute approximate surface area is 140 Å². The van der Waals surface area contributed by atoms with E-state index in [-0.39, 0.29) is 18.0 Å². The van der Waals surface area contributed by atoms with E-state index in [2.05, 4.69) is 15.5 Å². The maximum absolute atomic E-state index is 12.5. The minimum absolute atomic E-state index is 0.00938. The highest BCUT2D eigenvalue weighted by Gasteiger charge is 2.36. The molecule has 0 unspecified atom stereocenters. The van der Waals surface area contributed by atoms with Crippen LogP contribution in [0.5, 0.6) is 11.5 Å². The van der Waals surface area contributed by atoms with E-state index in [4.69, 9.17) is 9.47 Å². The van der Waals surface area contributed by atoms with Crippen LogP contribution in [0.2, 0.25) is 0 Å². The fraction of sp³-hybridized carbons (Fsp3) is 0.500. The second kappa shape index (κ2) is 6.96. The van der Waals surface area contributed by atoms with Gasteiger partial charge in [0.05, 0.1) is 14.2 Å². The van der Waals surface area contributed by atoms with Crippen molar-refractivity contribution >= 4 is 17.6 Å². The van der Waals surface area contributed by atoms with Crippen molar-refractivity contribution < 1.29 is 19.1 Å². The molecule has 3 amide bonds. The van der Waals surface area contributed by atoms with Gasteiger partial charge in [-0.1, -0.05) is 0 Å². The molecule has 2 heterocycles. The van der Waals surface area contributed by atoms with Crippen LogP contribution >= 0.6 is 0 Å². The molecule has 0 saturated carbocycles. The molecule has 2 fully saturated rings. The number of nitrogens with one attached hydrogen (secondary N) is 2. The number of carbonyl (C=O) groups excluding carboxylic acids is 2. The summed E-state index contributed by atoms with van der Waals surface area (Å²) < 4.78 is 10.4. The molecule has 2 N–H and O–H groups in total. The Morgan fingerprint density at radius 1 is 1.21 bits per heavy atom. The number of nitrogens with zero attached hydrogens (tertiary/aromatic N) is 2. The minimum Gasteiger partial charge on any atom is -0.493 e. The van der Waals surface area contributed by atoms with Gasteiger partial charge in [0.15, 0.2) is 11.5 Å². The van der Waals surface area contributed by atoms with Crippen molar-refractivity contribution in [3.8, 4) is 11.5 Å². The van der Waals surface area contributed by atoms with Gasteiger partial charge in [0.1, 0.15) is 6.04 Å². The predicted molar refractivity (Wildman–Crippen MR) is 88.5 cm³/mol. The van der Waals surface area contributed by atoms with Gasteiger partial charge < -0.3 is 25.0 Å². The van der Waals surface area contributed by atoms with Gasteiger partial charge in [0.2, 0.25) is 5.91 Å². The summed E-state index contributed by atoms with van der Waals surface area (Å²) >= 11 is 0. The van der Waals surface area contributed by atoms with Crippen molar-refractivity contribution in [1.29, 1.82) is 0 Å². The average Bonchev–Trinajstić information content (AvgIpc) is 2.61. The largest absolute Gasteiger partial charge is 0.493 e. The van der Waals surface area contributed by atoms with Crippen molar-refractivity contribution in [2.24, 2.45) is 0 Å². The highest BCUT2D eigenvalue weighted by atomic mass is 16.5. The van der Waals surface area contributed by atoms with Crippen LogP contribution in [-0.4, -0.2) is 74.7 Å². The quantitative estimate of drug-likeness (QED) is 0.833. The van der Waals surface area contributed by atoms with Crippen LogP contribution in [0.1, 0.15) is 0 Å². The molecule has 0 spiro atoms. The molecular weight excluding hydrogens is 312 g/mol. The van der Waals surface area contributed by atoms with E-state index in [1.807, 2.05) is 0 Å². The van der Waals surface area contributed by atoms with E-state index in [1.165, 1.54) is 0 Å². The number of amides is 3. The van der Waals surface area contributed by atoms with Crippen LogP contribution in [0, 0.1) is 0 Å². The van der Waals surface area contributed by atoms with Crippen LogP contribution in [0.3, 0.4) is 0 Å². The van der Waals surface area contributed by atoms with Crippen molar-refractivity contribution in [2.45, 2.75) is 6.04 Å². The SMILES string of the molecule is COc1ccc(NC(=O)N2CCN3CCNC(=O)[C@@H]3C2)cc1OC. The summed E-state index contributed by atoms with van der Waals surface area (Å²) in [4.78, 5) is 28.3. The third-order valence-corrected chi connectivity index (χ3v) is 4.41. The number of urea groups is 1. The molecule has 8 heteroatoms. The van der Waals surface area contributed by atoms with E-state index in [1.54, 1.807) is 37.3 Å². The molecule has 0 bridgehead atoms. The topological polar surface area (TPSA) is 83.1 Å². The smallest absolute Gasteiger partial charge is 0.321 e. The summed E-state index contributed by atoms with van der Waals surface area (Å²) in [7, 11) is 3.11. The van der Waals surface area contributed by atoms with Gasteiger partial charge in [0, 0.05) is 44.5 Å². The molecule has 2 aliphatic heterocycles. The van der Waals surface area contributed by atoms with Crippen molar-refractivity contribution in [1.82, 2.24) is 15.1 Å². The molecule has 8 nitrogen and oxygen atoms in total. The van der Waals surface area contributed by atoms with Crippen LogP contribution in [0.4, 0.5) is 10.5 Å². The molecule has 130 valence electrons. The lowest BCUT2D eigenvalue weighted by Crippen LogP contribution is -2.64. The molecule has 0 radical (unpaired) electrons. The Balaban J connectivity index is 1.66. The van der Waals surface area contributed by atoms with Gasteiger partial charge in [0.25, 0.3) is 0 Å². The third kappa shape index (κ3) is 3.23. The number of hydrogen-bond acceptors (Lipinski definition) is 5. The van der Waals surface area contributed by atoms with Gasteiger partial charge in [-0.25, -0.2) is 4.79 Å². The normalized spacial score (nSPS) is 20.8. The standard InChI is InChI=1S/C16H22N4O4/c1-23-13-4-3-11(9-14(13)24-2)18-16(22)20-8-7-19-6-5-17-15(21)12(19)10-20/h3-4,9,12H,5-8,10H2,1-2H3,(H,17,21)(H,18,22)/t12-/m0/s1. The van der Waals surface area contributed by atoms with E-state index < -0.39 is 0 Å². The fourth-order valence-electron chi connectivity index (χ4n) is 3.08. The lowest BCUT2D eigenvalue weighted by molar-refractivity contribution is -0.131. The zero-order chi connectivity index (χ0) is 17.1. The number of ether oxygens (including phenoxy) is 2. The first kappa shape index (κ1) is 16.4. The summed E-state index contributed by atoms with van der Waals surface area (Å²) in [6.07, 6.45) is 0. The Morgan fingerprint density at radius 2 is 2.00 bits per heavy atom. The molecular formula is C16H22N4O4. The zero-order valence-electron chi connectivity index (χ0n) is 13.9. The number of fused-ring (bicyclic) bond motifs is 1. The number of benzene rings is 1. The van der Waals surface area contributed by atoms with Gasteiger partial charge in [-0.05, 0) is 12.1 Å². The number of piperazine rings is 2. The van der Waals surface area contributed by atoms with Crippen LogP contribution in [0.15, 0.2) is 18.2 Å². The first-order valence-corrected chi connectivity index (χ1v) is 7.92. The summed E-state index contributed by atoms with van der Waals surface area (Å²) in [5.41, 5.74) is 0.619. The van der Waals surface area contributed by atoms with E-state index in [0.29, 0.717) is 43.4 Å². The number of carbonyl (C=O) groups is 2. The lowest BCUT2D eigenvalue weighted by Gasteiger charge is -2.42. The second-order valence-corrected chi connectivity index (χ2v) is 5.79. The molecule has 1 atom stereocenters. The fourth-order valence-corrected chi connectivity index (χ4v) is 3.08. The van der Waals surface area contributed by atoms with E-state index in [0.717, 1.165) is 6.54 Å². The lowest BCUT2D eigenvalue weighted by atomic mass is 10.1. The molecule has 24 heavy (non-hydrogen) atoms. The molecule has 3 rings (SSSR count). The molecule has 2 saturated heterocycles. The summed E-state index contributed by atoms with van der Waals surface area (Å²) in [6, 6.07) is 4.72. The highest BCUT2D eigenvalue weighted by Crippen LogP contribution is 2.29. The van der Waals surface area contributed by atoms with Crippen molar-refractivity contribution in [3.63, 3.8) is 0 Å². The Kier molecular flexibility index (Phi) is 4.75. The Hall–Kier alpha value is -2.48. The third-order valence-electron chi connectivity index (χ3n) is 4.41. The van der Waals surface area contributed by atoms with Crippen molar-refractivity contribution in [2.75, 3.05) is 52.3 Å². The Morgan fingerprint density at radius 3 is 2.75 bits per heavy atom. The highest BCUT2D eigenvalue weighted by molar-refractivity contribution is 5.91. The zero-order valence-corrected chi connectivity index (χ0v) is 13.9. The second-order valence-electron chi connectivity index (χ2n) is 5.79. The monoisotopic (exact) mass is 334 g/mol. The van der Waals surface area contributed by atoms with Gasteiger partial charge in [-0.3, -0.25) is 9.69 Å². The van der Waals surface area contributed by atoms with Gasteiger partial charge >= 0.3 is 6.03 Å². The summed E-state index contributed by atoms with van der Waals surface area (Å²) in [5.74, 6) is 1.14. The molecule has 1 aromatic carbocycles. The van der Waals surface area contributed by atoms with Crippen LogP contribution in [0.25, 0.3) is 0 Å². The van der Waals surface area contributed by atoms with Crippen molar-refractivity contribution in [3.05, 3.63) is 18.2 Å². The summed E-state index contributed by atoms with van der Waals surface area (Å²) in [6.45, 7) is 3.21. The number of methoxy groups -OCH3 is 2. The average molecular weight is 334 g/mol. The summed E-state index contributed by atoms with van der Waals surface area (Å²) in [5, 5.41) is 5.70. The minimum atomic E-state index is -0.261. The molecule has 0 aromatic heterocycles. The molecule has 1 aromatic rings. The molecule has 2 aliphatic rings. The first-order valence-electron chi connectivity index (χ1n) is 7.92. The number of anilines is 1. The number of hydrogen-bond donors (Lipinski definition) is 2. The van der Waals surface area contributed by atoms with Gasteiger partial charge in [-0.2, -0.15) is 0 Å². The van der Waals surface area contributed by atoms with E-state index in [9.17, 15) is 9.59 Å². The first-order chi connectivity index (χ1) is 11.6. The molecule has 0 aliphatic carbocycles. The van der Waals surface area contributed by atoms with Crippen LogP contribution in [-0.2, 0) is 4.79 Å². The predicted octanol–water partition coefficient (Wildman–Crippen LogP) is 0.352. The van der Waals surface area contributed by atoms with Crippen LogP contribution < -0.4 is 20.1 Å². The maximum atomic E-state index is 12.5. The Bertz CT molecular complexity index is 637.